The van der Waals surface area contributed by atoms with Gasteiger partial charge in [0.15, 0.2) is 16.3 Å². The Hall–Kier alpha value is -2.22. The zero-order valence-corrected chi connectivity index (χ0v) is 10.0. The fraction of sp³-hybridized carbons (Fsp3) is 0.0909. The molecular weight excluding hydrogens is 278 g/mol. The van der Waals surface area contributed by atoms with Gasteiger partial charge in [0.05, 0.1) is 5.69 Å². The predicted molar refractivity (Wildman–Crippen MR) is 63.4 cm³/mol. The van der Waals surface area contributed by atoms with Gasteiger partial charge in [0.1, 0.15) is 0 Å². The maximum Gasteiger partial charge on any atom is 0.586 e. The highest BCUT2D eigenvalue weighted by Gasteiger charge is 2.43. The van der Waals surface area contributed by atoms with Crippen molar-refractivity contribution in [2.45, 2.75) is 6.29 Å². The van der Waals surface area contributed by atoms with Crippen molar-refractivity contribution in [3.8, 4) is 17.2 Å². The van der Waals surface area contributed by atoms with Crippen LogP contribution in [0.1, 0.15) is 0 Å². The monoisotopic (exact) mass is 284 g/mol. The number of aromatic amines is 1. The van der Waals surface area contributed by atoms with E-state index in [1.54, 1.807) is 0 Å². The van der Waals surface area contributed by atoms with Crippen molar-refractivity contribution in [2.75, 3.05) is 0 Å². The van der Waals surface area contributed by atoms with E-state index in [1.807, 2.05) is 0 Å². The summed E-state index contributed by atoms with van der Waals surface area (Å²) >= 11 is 4.98. The molecule has 0 spiro atoms. The number of nitrogens with zero attached hydrogens (tertiary/aromatic N) is 1. The van der Waals surface area contributed by atoms with Crippen molar-refractivity contribution >= 4 is 12.2 Å². The molecule has 5 nitrogen and oxygen atoms in total. The molecule has 2 aromatic rings. The Bertz CT molecular complexity index is 769. The van der Waals surface area contributed by atoms with Crippen molar-refractivity contribution in [3.63, 3.8) is 0 Å². The Morgan fingerprint density at radius 2 is 1.95 bits per heavy atom. The van der Waals surface area contributed by atoms with Crippen LogP contribution < -0.4 is 15.0 Å². The third kappa shape index (κ3) is 2.10. The predicted octanol–water partition coefficient (Wildman–Crippen LogP) is 2.22. The van der Waals surface area contributed by atoms with E-state index < -0.39 is 6.29 Å². The Labute approximate surface area is 110 Å². The van der Waals surface area contributed by atoms with E-state index in [-0.39, 0.29) is 21.8 Å². The number of nitrogens with one attached hydrogen (secondary N) is 1. The highest BCUT2D eigenvalue weighted by atomic mass is 32.1. The first-order chi connectivity index (χ1) is 8.94. The summed E-state index contributed by atoms with van der Waals surface area (Å²) in [5.74, 6) is -0.139. The Balaban J connectivity index is 2.09. The lowest BCUT2D eigenvalue weighted by molar-refractivity contribution is -0.286. The lowest BCUT2D eigenvalue weighted by Gasteiger charge is -2.06. The van der Waals surface area contributed by atoms with E-state index in [9.17, 15) is 13.6 Å². The molecule has 19 heavy (non-hydrogen) atoms. The van der Waals surface area contributed by atoms with E-state index >= 15 is 0 Å². The molecule has 0 fully saturated rings. The summed E-state index contributed by atoms with van der Waals surface area (Å²) in [6.45, 7) is 0. The smallest absolute Gasteiger partial charge is 0.395 e. The summed E-state index contributed by atoms with van der Waals surface area (Å²) in [6, 6.07) is 5.50. The second-order valence-corrected chi connectivity index (χ2v) is 4.17. The average molecular weight is 284 g/mol. The summed E-state index contributed by atoms with van der Waals surface area (Å²) in [7, 11) is 0. The standard InChI is InChI=1S/C11H6F2N2O3S/c12-11(13)17-7-2-1-6(5-8(7)18-11)15-4-3-9(16)14-10(15)19/h1-5H,(H,14,16,19). The Morgan fingerprint density at radius 1 is 1.21 bits per heavy atom. The molecule has 1 aliphatic heterocycles. The summed E-state index contributed by atoms with van der Waals surface area (Å²) in [5, 5.41) is 0. The number of H-pyrrole nitrogens is 1. The molecule has 0 amide bonds. The zero-order valence-electron chi connectivity index (χ0n) is 9.22. The van der Waals surface area contributed by atoms with Gasteiger partial charge in [-0.05, 0) is 24.4 Å². The third-order valence-corrected chi connectivity index (χ3v) is 2.79. The second kappa shape index (κ2) is 3.89. The van der Waals surface area contributed by atoms with Crippen LogP contribution in [0.2, 0.25) is 0 Å². The molecule has 0 radical (unpaired) electrons. The molecule has 3 rings (SSSR count). The van der Waals surface area contributed by atoms with Crippen LogP contribution in [-0.2, 0) is 0 Å². The van der Waals surface area contributed by atoms with Gasteiger partial charge in [0, 0.05) is 18.3 Å². The van der Waals surface area contributed by atoms with Crippen molar-refractivity contribution in [1.82, 2.24) is 9.55 Å². The number of rotatable bonds is 1. The molecule has 2 heterocycles. The van der Waals surface area contributed by atoms with Crippen LogP contribution in [0.3, 0.4) is 0 Å². The van der Waals surface area contributed by atoms with E-state index in [1.165, 1.54) is 35.0 Å². The van der Waals surface area contributed by atoms with E-state index in [0.717, 1.165) is 0 Å². The van der Waals surface area contributed by atoms with Crippen molar-refractivity contribution in [3.05, 3.63) is 45.6 Å². The minimum Gasteiger partial charge on any atom is -0.395 e. The van der Waals surface area contributed by atoms with Gasteiger partial charge in [-0.1, -0.05) is 0 Å². The molecule has 0 atom stereocenters. The molecular formula is C11H6F2N2O3S. The van der Waals surface area contributed by atoms with Gasteiger partial charge in [-0.2, -0.15) is 0 Å². The quantitative estimate of drug-likeness (QED) is 0.816. The van der Waals surface area contributed by atoms with Gasteiger partial charge >= 0.3 is 6.29 Å². The number of hydrogen-bond donors (Lipinski definition) is 1. The van der Waals surface area contributed by atoms with Gasteiger partial charge in [0.25, 0.3) is 5.56 Å². The van der Waals surface area contributed by atoms with Gasteiger partial charge in [-0.15, -0.1) is 8.78 Å². The third-order valence-electron chi connectivity index (χ3n) is 2.49. The number of benzene rings is 1. The molecule has 1 N–H and O–H groups in total. The normalized spacial score (nSPS) is 15.5. The van der Waals surface area contributed by atoms with Crippen molar-refractivity contribution < 1.29 is 18.3 Å². The van der Waals surface area contributed by atoms with Crippen LogP contribution >= 0.6 is 12.2 Å². The van der Waals surface area contributed by atoms with Crippen LogP contribution in [0.25, 0.3) is 5.69 Å². The zero-order chi connectivity index (χ0) is 13.6. The van der Waals surface area contributed by atoms with Crippen LogP contribution in [0.4, 0.5) is 8.78 Å². The maximum atomic E-state index is 12.9. The van der Waals surface area contributed by atoms with Gasteiger partial charge in [-0.25, -0.2) is 0 Å². The summed E-state index contributed by atoms with van der Waals surface area (Å²) in [6.07, 6.45) is -2.22. The fourth-order valence-electron chi connectivity index (χ4n) is 1.71. The molecule has 0 bridgehead atoms. The number of halogens is 2. The molecule has 0 aliphatic carbocycles. The molecule has 0 unspecified atom stereocenters. The molecule has 98 valence electrons. The van der Waals surface area contributed by atoms with E-state index in [4.69, 9.17) is 12.2 Å². The Kier molecular flexibility index (Phi) is 2.42. The van der Waals surface area contributed by atoms with Crippen molar-refractivity contribution in [1.29, 1.82) is 0 Å². The SMILES string of the molecule is O=c1ccn(-c2ccc3c(c2)OC(F)(F)O3)c(=S)[nH]1. The minimum atomic E-state index is -3.66. The first kappa shape index (κ1) is 11.8. The largest absolute Gasteiger partial charge is 0.586 e. The van der Waals surface area contributed by atoms with Gasteiger partial charge in [-0.3, -0.25) is 14.3 Å². The molecule has 1 aromatic carbocycles. The first-order valence-corrected chi connectivity index (χ1v) is 5.58. The van der Waals surface area contributed by atoms with Gasteiger partial charge in [0.2, 0.25) is 0 Å². The van der Waals surface area contributed by atoms with E-state index in [2.05, 4.69) is 14.5 Å². The molecule has 0 saturated heterocycles. The van der Waals surface area contributed by atoms with Crippen LogP contribution in [0, 0.1) is 4.77 Å². The summed E-state index contributed by atoms with van der Waals surface area (Å²) in [4.78, 5) is 13.5. The molecule has 0 saturated carbocycles. The fourth-order valence-corrected chi connectivity index (χ4v) is 1.97. The molecule has 8 heteroatoms. The lowest BCUT2D eigenvalue weighted by atomic mass is 10.3. The van der Waals surface area contributed by atoms with E-state index in [0.29, 0.717) is 5.69 Å². The second-order valence-electron chi connectivity index (χ2n) is 3.78. The highest BCUT2D eigenvalue weighted by molar-refractivity contribution is 7.71. The lowest BCUT2D eigenvalue weighted by Crippen LogP contribution is -2.25. The maximum absolute atomic E-state index is 12.9. The van der Waals surface area contributed by atoms with Crippen LogP contribution in [0.5, 0.6) is 11.5 Å². The summed E-state index contributed by atoms with van der Waals surface area (Å²) in [5.41, 5.74) is 0.134. The van der Waals surface area contributed by atoms with Crippen molar-refractivity contribution in [2.24, 2.45) is 0 Å². The minimum absolute atomic E-state index is 0.0512. The average Bonchev–Trinajstić information content (AvgIpc) is 2.61. The summed E-state index contributed by atoms with van der Waals surface area (Å²) < 4.78 is 36.0. The number of ether oxygens (including phenoxy) is 2. The first-order valence-electron chi connectivity index (χ1n) is 5.17. The molecule has 1 aromatic heterocycles. The number of aromatic nitrogens is 2. The van der Waals surface area contributed by atoms with Crippen LogP contribution in [0.15, 0.2) is 35.3 Å². The topological polar surface area (TPSA) is 56.2 Å². The number of fused-ring (bicyclic) bond motifs is 1. The Morgan fingerprint density at radius 3 is 2.68 bits per heavy atom. The highest BCUT2D eigenvalue weighted by Crippen LogP contribution is 2.41. The van der Waals surface area contributed by atoms with Crippen LogP contribution in [-0.4, -0.2) is 15.8 Å². The number of alkyl halides is 2. The number of hydrogen-bond acceptors (Lipinski definition) is 4. The van der Waals surface area contributed by atoms with Gasteiger partial charge < -0.3 is 9.47 Å². The molecule has 1 aliphatic rings.